The van der Waals surface area contributed by atoms with Crippen molar-refractivity contribution in [3.63, 3.8) is 0 Å². The van der Waals surface area contributed by atoms with Crippen LogP contribution in [0.25, 0.3) is 0 Å². The molecule has 0 amide bonds. The maximum atomic E-state index is 13.6. The molecule has 0 unspecified atom stereocenters. The summed E-state index contributed by atoms with van der Waals surface area (Å²) in [5.41, 5.74) is 0.860. The summed E-state index contributed by atoms with van der Waals surface area (Å²) in [6, 6.07) is 5.31. The monoisotopic (exact) mass is 279 g/mol. The fourth-order valence-electron chi connectivity index (χ4n) is 1.57. The lowest BCUT2D eigenvalue weighted by molar-refractivity contribution is 0.586. The van der Waals surface area contributed by atoms with Gasteiger partial charge in [-0.3, -0.25) is 0 Å². The first-order valence-corrected chi connectivity index (χ1v) is 5.68. The second-order valence-corrected chi connectivity index (χ2v) is 4.24. The molecule has 3 nitrogen and oxygen atoms in total. The van der Waals surface area contributed by atoms with Crippen molar-refractivity contribution >= 4 is 23.1 Å². The molecular formula is C13H8ClF2N3. The van der Waals surface area contributed by atoms with Crippen LogP contribution in [0.15, 0.2) is 24.4 Å². The summed E-state index contributed by atoms with van der Waals surface area (Å²) in [5, 5.41) is 11.5. The van der Waals surface area contributed by atoms with E-state index in [9.17, 15) is 8.78 Å². The molecule has 19 heavy (non-hydrogen) atoms. The molecule has 0 aliphatic carbocycles. The van der Waals surface area contributed by atoms with Crippen molar-refractivity contribution in [3.05, 3.63) is 52.2 Å². The van der Waals surface area contributed by atoms with Gasteiger partial charge in [0.05, 0.1) is 16.3 Å². The Morgan fingerprint density at radius 3 is 2.74 bits per heavy atom. The first-order chi connectivity index (χ1) is 9.02. The van der Waals surface area contributed by atoms with E-state index in [0.717, 1.165) is 6.07 Å². The van der Waals surface area contributed by atoms with Crippen LogP contribution in [0.3, 0.4) is 0 Å². The van der Waals surface area contributed by atoms with Crippen LogP contribution in [-0.2, 0) is 0 Å². The third-order valence-corrected chi connectivity index (χ3v) is 2.82. The molecule has 0 radical (unpaired) electrons. The number of aromatic nitrogens is 1. The van der Waals surface area contributed by atoms with Gasteiger partial charge < -0.3 is 5.32 Å². The molecule has 2 aromatic rings. The van der Waals surface area contributed by atoms with Gasteiger partial charge in [-0.1, -0.05) is 11.6 Å². The number of benzene rings is 1. The highest BCUT2D eigenvalue weighted by atomic mass is 35.5. The second kappa shape index (κ2) is 5.21. The van der Waals surface area contributed by atoms with Crippen LogP contribution in [0.2, 0.25) is 5.02 Å². The molecular weight excluding hydrogens is 272 g/mol. The third kappa shape index (κ3) is 2.64. The van der Waals surface area contributed by atoms with Crippen molar-refractivity contribution in [2.45, 2.75) is 6.92 Å². The molecule has 0 bridgehead atoms. The van der Waals surface area contributed by atoms with E-state index >= 15 is 0 Å². The summed E-state index contributed by atoms with van der Waals surface area (Å²) in [4.78, 5) is 3.96. The Kier molecular flexibility index (Phi) is 3.63. The van der Waals surface area contributed by atoms with Gasteiger partial charge in [-0.15, -0.1) is 0 Å². The zero-order chi connectivity index (χ0) is 14.0. The van der Waals surface area contributed by atoms with E-state index in [1.54, 1.807) is 13.0 Å². The summed E-state index contributed by atoms with van der Waals surface area (Å²) < 4.78 is 26.6. The van der Waals surface area contributed by atoms with Crippen LogP contribution in [0.5, 0.6) is 0 Å². The second-order valence-electron chi connectivity index (χ2n) is 3.83. The Morgan fingerprint density at radius 2 is 2.11 bits per heavy atom. The predicted octanol–water partition coefficient (Wildman–Crippen LogP) is 3.94. The fraction of sp³-hybridized carbons (Fsp3) is 0.0769. The minimum Gasteiger partial charge on any atom is -0.336 e. The molecule has 0 saturated carbocycles. The smallest absolute Gasteiger partial charge is 0.151 e. The highest BCUT2D eigenvalue weighted by Crippen LogP contribution is 2.30. The summed E-state index contributed by atoms with van der Waals surface area (Å²) in [6.45, 7) is 1.73. The quantitative estimate of drug-likeness (QED) is 0.906. The maximum Gasteiger partial charge on any atom is 0.151 e. The Bertz CT molecular complexity index is 657. The van der Waals surface area contributed by atoms with Crippen LogP contribution in [0, 0.1) is 29.9 Å². The molecule has 0 aliphatic rings. The normalized spacial score (nSPS) is 10.1. The first kappa shape index (κ1) is 13.2. The summed E-state index contributed by atoms with van der Waals surface area (Å²) in [5.74, 6) is -1.45. The Morgan fingerprint density at radius 1 is 1.37 bits per heavy atom. The molecule has 96 valence electrons. The van der Waals surface area contributed by atoms with Crippen LogP contribution >= 0.6 is 11.6 Å². The van der Waals surface area contributed by atoms with Crippen molar-refractivity contribution in [1.82, 2.24) is 4.98 Å². The van der Waals surface area contributed by atoms with Gasteiger partial charge in [0, 0.05) is 12.3 Å². The van der Waals surface area contributed by atoms with Crippen LogP contribution < -0.4 is 5.32 Å². The number of nitrogens with zero attached hydrogens (tertiary/aromatic N) is 2. The SMILES string of the molecule is Cc1ccnc(Nc2c(F)cc(F)cc2Cl)c1C#N. The number of rotatable bonds is 2. The molecule has 6 heteroatoms. The van der Waals surface area contributed by atoms with Gasteiger partial charge in [0.25, 0.3) is 0 Å². The Hall–Kier alpha value is -2.19. The van der Waals surface area contributed by atoms with Gasteiger partial charge in [0.15, 0.2) is 5.82 Å². The number of hydrogen-bond donors (Lipinski definition) is 1. The van der Waals surface area contributed by atoms with Crippen molar-refractivity contribution in [2.75, 3.05) is 5.32 Å². The minimum atomic E-state index is -0.850. The lowest BCUT2D eigenvalue weighted by atomic mass is 10.1. The zero-order valence-electron chi connectivity index (χ0n) is 9.84. The largest absolute Gasteiger partial charge is 0.336 e. The van der Waals surface area contributed by atoms with Gasteiger partial charge in [-0.05, 0) is 24.6 Å². The van der Waals surface area contributed by atoms with Crippen molar-refractivity contribution in [3.8, 4) is 6.07 Å². The van der Waals surface area contributed by atoms with Gasteiger partial charge in [0.1, 0.15) is 17.7 Å². The lowest BCUT2D eigenvalue weighted by Crippen LogP contribution is -2.01. The number of nitrogens with one attached hydrogen (secondary N) is 1. The van der Waals surface area contributed by atoms with E-state index in [2.05, 4.69) is 10.3 Å². The highest BCUT2D eigenvalue weighted by molar-refractivity contribution is 6.33. The fourth-order valence-corrected chi connectivity index (χ4v) is 1.82. The average molecular weight is 280 g/mol. The number of hydrogen-bond acceptors (Lipinski definition) is 3. The molecule has 0 atom stereocenters. The zero-order valence-corrected chi connectivity index (χ0v) is 10.6. The molecule has 1 N–H and O–H groups in total. The number of anilines is 2. The van der Waals surface area contributed by atoms with E-state index in [1.165, 1.54) is 6.20 Å². The van der Waals surface area contributed by atoms with Gasteiger partial charge in [0.2, 0.25) is 0 Å². The predicted molar refractivity (Wildman–Crippen MR) is 68.3 cm³/mol. The molecule has 1 aromatic carbocycles. The van der Waals surface area contributed by atoms with Crippen molar-refractivity contribution in [2.24, 2.45) is 0 Å². The number of nitriles is 1. The van der Waals surface area contributed by atoms with Gasteiger partial charge in [-0.2, -0.15) is 5.26 Å². The third-order valence-electron chi connectivity index (χ3n) is 2.52. The first-order valence-electron chi connectivity index (χ1n) is 5.30. The van der Waals surface area contributed by atoms with E-state index in [-0.39, 0.29) is 22.1 Å². The van der Waals surface area contributed by atoms with Crippen molar-refractivity contribution < 1.29 is 8.78 Å². The molecule has 0 aliphatic heterocycles. The van der Waals surface area contributed by atoms with E-state index < -0.39 is 11.6 Å². The minimum absolute atomic E-state index is 0.113. The lowest BCUT2D eigenvalue weighted by Gasteiger charge is -2.11. The topological polar surface area (TPSA) is 48.7 Å². The Balaban J connectivity index is 2.49. The molecule has 2 rings (SSSR count). The van der Waals surface area contributed by atoms with Crippen molar-refractivity contribution in [1.29, 1.82) is 5.26 Å². The maximum absolute atomic E-state index is 13.6. The standard InChI is InChI=1S/C13H8ClF2N3/c1-7-2-3-18-13(9(7)6-17)19-12-10(14)4-8(15)5-11(12)16/h2-5H,1H3,(H,18,19). The van der Waals surface area contributed by atoms with Crippen LogP contribution in [-0.4, -0.2) is 4.98 Å². The molecule has 1 heterocycles. The Labute approximate surface area is 113 Å². The molecule has 0 fully saturated rings. The number of pyridine rings is 1. The van der Waals surface area contributed by atoms with Gasteiger partial charge >= 0.3 is 0 Å². The summed E-state index contributed by atoms with van der Waals surface area (Å²) >= 11 is 5.77. The summed E-state index contributed by atoms with van der Waals surface area (Å²) in [6.07, 6.45) is 1.48. The van der Waals surface area contributed by atoms with E-state index in [1.807, 2.05) is 6.07 Å². The van der Waals surface area contributed by atoms with Crippen LogP contribution in [0.1, 0.15) is 11.1 Å². The molecule has 0 saturated heterocycles. The summed E-state index contributed by atoms with van der Waals surface area (Å²) in [7, 11) is 0. The van der Waals surface area contributed by atoms with Gasteiger partial charge in [-0.25, -0.2) is 13.8 Å². The van der Waals surface area contributed by atoms with E-state index in [0.29, 0.717) is 11.6 Å². The number of aryl methyl sites for hydroxylation is 1. The van der Waals surface area contributed by atoms with Crippen LogP contribution in [0.4, 0.5) is 20.3 Å². The molecule has 0 spiro atoms. The van der Waals surface area contributed by atoms with E-state index in [4.69, 9.17) is 16.9 Å². The highest BCUT2D eigenvalue weighted by Gasteiger charge is 2.13. The number of halogens is 3. The molecule has 1 aromatic heterocycles. The average Bonchev–Trinajstić information content (AvgIpc) is 2.34.